The number of hydrogen-bond acceptors (Lipinski definition) is 15. The summed E-state index contributed by atoms with van der Waals surface area (Å²) in [5.41, 5.74) is -1.83. The maximum atomic E-state index is 14.4. The largest absolute Gasteiger partial charge is 0.465 e. The van der Waals surface area contributed by atoms with Gasteiger partial charge in [-0.25, -0.2) is 19.7 Å². The summed E-state index contributed by atoms with van der Waals surface area (Å²) in [6.45, 7) is 14.6. The second-order valence-corrected chi connectivity index (χ2v) is 15.3. The van der Waals surface area contributed by atoms with Crippen molar-refractivity contribution < 1.29 is 56.7 Å². The number of anilines is 1. The van der Waals surface area contributed by atoms with E-state index in [1.807, 2.05) is 6.07 Å². The van der Waals surface area contributed by atoms with Gasteiger partial charge in [0, 0.05) is 5.92 Å². The highest BCUT2D eigenvalue weighted by molar-refractivity contribution is 7.54. The lowest BCUT2D eigenvalue weighted by Crippen LogP contribution is -2.51. The van der Waals surface area contributed by atoms with Gasteiger partial charge in [-0.1, -0.05) is 41.5 Å². The molecule has 1 fully saturated rings. The summed E-state index contributed by atoms with van der Waals surface area (Å²) in [7, 11) is -4.53. The van der Waals surface area contributed by atoms with Crippen molar-refractivity contribution in [2.24, 2.45) is 17.8 Å². The Labute approximate surface area is 313 Å². The van der Waals surface area contributed by atoms with Crippen molar-refractivity contribution in [1.29, 1.82) is 5.26 Å². The molecule has 1 amide bonds. The normalized spacial score (nSPS) is 21.1. The molecule has 2 aromatic rings. The number of fused-ring (bicyclic) bond motifs is 1. The Hall–Kier alpha value is -4.47. The zero-order chi connectivity index (χ0) is 40.5. The average molecular weight is 780 g/mol. The van der Waals surface area contributed by atoms with E-state index in [9.17, 15) is 33.8 Å². The standard InChI is InChI=1S/C34H50N7O12P/c1-11-48-32(45)21(9)39-54(47,40-22(10)33(46)49-12-2)50-16-34(15-35)27(52-31(44)20(7)8)26(51-30(43)19(5)6)25(53-34)23-13-14-24-28(36-17-37-41(23)24)38-29(42)18(3)4/h13-14,17-22,25-27H,11-12,16H2,1-10H3,(H2,39,40,47)(H,36,37,38,42)/t21-,22-,25-,26-,27-,34+/m0/s1. The van der Waals surface area contributed by atoms with Crippen LogP contribution in [0.2, 0.25) is 0 Å². The Kier molecular flexibility index (Phi) is 15.2. The maximum absolute atomic E-state index is 14.4. The number of rotatable bonds is 18. The first kappa shape index (κ1) is 43.9. The van der Waals surface area contributed by atoms with E-state index in [0.29, 0.717) is 5.52 Å². The van der Waals surface area contributed by atoms with Crippen LogP contribution in [-0.2, 0) is 56.7 Å². The Balaban J connectivity index is 2.19. The molecule has 3 N–H and O–H groups in total. The van der Waals surface area contributed by atoms with Crippen molar-refractivity contribution in [2.75, 3.05) is 25.1 Å². The van der Waals surface area contributed by atoms with Gasteiger partial charge in [0.05, 0.1) is 30.7 Å². The number of nitriles is 1. The minimum absolute atomic E-state index is 0.0136. The number of aromatic nitrogens is 3. The quantitative estimate of drug-likeness (QED) is 0.112. The minimum Gasteiger partial charge on any atom is -0.465 e. The summed E-state index contributed by atoms with van der Waals surface area (Å²) in [5.74, 6) is -5.04. The second kappa shape index (κ2) is 18.7. The molecule has 3 rings (SSSR count). The molecule has 298 valence electrons. The Morgan fingerprint density at radius 2 is 1.44 bits per heavy atom. The van der Waals surface area contributed by atoms with E-state index in [4.69, 9.17) is 28.2 Å². The highest BCUT2D eigenvalue weighted by Gasteiger charge is 2.62. The fourth-order valence-corrected chi connectivity index (χ4v) is 6.87. The van der Waals surface area contributed by atoms with Crippen LogP contribution in [0.1, 0.15) is 81.0 Å². The van der Waals surface area contributed by atoms with Crippen LogP contribution in [0.5, 0.6) is 0 Å². The molecule has 0 saturated carbocycles. The van der Waals surface area contributed by atoms with Gasteiger partial charge in [0.2, 0.25) is 11.5 Å². The zero-order valence-electron chi connectivity index (χ0n) is 32.1. The predicted octanol–water partition coefficient (Wildman–Crippen LogP) is 3.00. The first-order valence-corrected chi connectivity index (χ1v) is 19.2. The molecule has 0 aromatic carbocycles. The molecule has 0 aliphatic carbocycles. The Morgan fingerprint density at radius 1 is 0.889 bits per heavy atom. The average Bonchev–Trinajstić information content (AvgIpc) is 3.67. The van der Waals surface area contributed by atoms with E-state index in [0.717, 1.165) is 0 Å². The molecule has 6 atom stereocenters. The molecule has 1 aliphatic rings. The molecule has 3 heterocycles. The molecular formula is C34H50N7O12P. The topological polar surface area (TPSA) is 248 Å². The van der Waals surface area contributed by atoms with E-state index >= 15 is 0 Å². The lowest BCUT2D eigenvalue weighted by atomic mass is 9.95. The van der Waals surface area contributed by atoms with Crippen molar-refractivity contribution in [3.05, 3.63) is 24.2 Å². The Morgan fingerprint density at radius 3 is 1.94 bits per heavy atom. The number of esters is 4. The van der Waals surface area contributed by atoms with Gasteiger partial charge in [-0.15, -0.1) is 0 Å². The third kappa shape index (κ3) is 10.4. The van der Waals surface area contributed by atoms with E-state index in [2.05, 4.69) is 25.6 Å². The summed E-state index contributed by atoms with van der Waals surface area (Å²) in [6, 6.07) is 2.60. The van der Waals surface area contributed by atoms with Crippen molar-refractivity contribution in [3.8, 4) is 6.07 Å². The molecule has 0 radical (unpaired) electrons. The van der Waals surface area contributed by atoms with Gasteiger partial charge in [0.25, 0.3) is 0 Å². The zero-order valence-corrected chi connectivity index (χ0v) is 33.0. The molecule has 1 saturated heterocycles. The molecule has 20 heteroatoms. The summed E-state index contributed by atoms with van der Waals surface area (Å²) in [6.07, 6.45) is -3.42. The fraction of sp³-hybridized carbons (Fsp3) is 0.647. The molecule has 0 unspecified atom stereocenters. The van der Waals surface area contributed by atoms with Gasteiger partial charge in [-0.05, 0) is 39.8 Å². The number of nitrogens with zero attached hydrogens (tertiary/aromatic N) is 4. The van der Waals surface area contributed by atoms with Gasteiger partial charge in [0.1, 0.15) is 42.7 Å². The Bertz CT molecular complexity index is 1750. The number of carbonyl (C=O) groups excluding carboxylic acids is 5. The highest BCUT2D eigenvalue weighted by Crippen LogP contribution is 2.48. The van der Waals surface area contributed by atoms with Crippen molar-refractivity contribution in [1.82, 2.24) is 24.8 Å². The van der Waals surface area contributed by atoms with Crippen molar-refractivity contribution in [3.63, 3.8) is 0 Å². The van der Waals surface area contributed by atoms with Crippen LogP contribution in [0.25, 0.3) is 5.52 Å². The van der Waals surface area contributed by atoms with Gasteiger partial charge < -0.3 is 33.5 Å². The molecule has 2 aromatic heterocycles. The first-order valence-electron chi connectivity index (χ1n) is 17.6. The number of ether oxygens (including phenoxy) is 5. The first-order chi connectivity index (χ1) is 25.3. The summed E-state index contributed by atoms with van der Waals surface area (Å²) in [5, 5.41) is 22.9. The smallest absolute Gasteiger partial charge is 0.342 e. The van der Waals surface area contributed by atoms with E-state index < -0.39 is 86.0 Å². The van der Waals surface area contributed by atoms with Crippen molar-refractivity contribution in [2.45, 2.75) is 105 Å². The molecule has 0 bridgehead atoms. The molecule has 0 spiro atoms. The van der Waals surface area contributed by atoms with Gasteiger partial charge in [0.15, 0.2) is 18.0 Å². The van der Waals surface area contributed by atoms with E-state index in [1.165, 1.54) is 24.7 Å². The van der Waals surface area contributed by atoms with E-state index in [1.54, 1.807) is 67.5 Å². The monoisotopic (exact) mass is 779 g/mol. The van der Waals surface area contributed by atoms with Crippen LogP contribution < -0.4 is 15.5 Å². The second-order valence-electron chi connectivity index (χ2n) is 13.4. The molecule has 1 aliphatic heterocycles. The van der Waals surface area contributed by atoms with Crippen LogP contribution in [-0.4, -0.2) is 94.1 Å². The third-order valence-corrected chi connectivity index (χ3v) is 9.98. The van der Waals surface area contributed by atoms with E-state index in [-0.39, 0.29) is 36.6 Å². The summed E-state index contributed by atoms with van der Waals surface area (Å²) in [4.78, 5) is 68.3. The van der Waals surface area contributed by atoms with Crippen LogP contribution in [0.4, 0.5) is 5.82 Å². The molecular weight excluding hydrogens is 729 g/mol. The summed E-state index contributed by atoms with van der Waals surface area (Å²) < 4.78 is 49.9. The predicted molar refractivity (Wildman–Crippen MR) is 190 cm³/mol. The van der Waals surface area contributed by atoms with Gasteiger partial charge in [-0.2, -0.15) is 10.4 Å². The lowest BCUT2D eigenvalue weighted by molar-refractivity contribution is -0.173. The van der Waals surface area contributed by atoms with Gasteiger partial charge in [-0.3, -0.25) is 28.5 Å². The van der Waals surface area contributed by atoms with Crippen molar-refractivity contribution >= 4 is 48.8 Å². The fourth-order valence-electron chi connectivity index (χ4n) is 5.04. The summed E-state index contributed by atoms with van der Waals surface area (Å²) >= 11 is 0. The maximum Gasteiger partial charge on any atom is 0.342 e. The number of hydrogen-bond donors (Lipinski definition) is 3. The van der Waals surface area contributed by atoms with Crippen LogP contribution in [0.15, 0.2) is 18.5 Å². The lowest BCUT2D eigenvalue weighted by Gasteiger charge is -2.32. The van der Waals surface area contributed by atoms with Gasteiger partial charge >= 0.3 is 31.5 Å². The van der Waals surface area contributed by atoms with Crippen LogP contribution >= 0.6 is 7.67 Å². The molecule has 19 nitrogen and oxygen atoms in total. The number of carbonyl (C=O) groups is 5. The van der Waals surface area contributed by atoms with Crippen LogP contribution in [0.3, 0.4) is 0 Å². The number of nitrogens with one attached hydrogen (secondary N) is 3. The SMILES string of the molecule is CCOC(=O)[C@H](C)NP(=O)(N[C@@H](C)C(=O)OCC)OC[C@@]1(C#N)O[C@@H](c2ccc3c(NC(=O)C(C)C)ncnn23)[C@H](OC(=O)C(C)C)[C@@H]1OC(=O)C(C)C. The third-order valence-electron chi connectivity index (χ3n) is 8.03. The molecule has 54 heavy (non-hydrogen) atoms. The number of amides is 1. The highest BCUT2D eigenvalue weighted by atomic mass is 31.2. The minimum atomic E-state index is -4.53. The van der Waals surface area contributed by atoms with Crippen LogP contribution in [0, 0.1) is 29.1 Å².